The SMILES string of the molecule is CCCNC(=O)CCCC(=O)Nc1ccc(C(=O)O)c(Cl)c1. The van der Waals surface area contributed by atoms with Crippen molar-refractivity contribution in [1.29, 1.82) is 0 Å². The van der Waals surface area contributed by atoms with E-state index in [1.54, 1.807) is 0 Å². The Morgan fingerprint density at radius 1 is 1.18 bits per heavy atom. The standard InChI is InChI=1S/C15H19ClN2O4/c1-2-8-17-13(19)4-3-5-14(20)18-10-6-7-11(15(21)22)12(16)9-10/h6-7,9H,2-5,8H2,1H3,(H,17,19)(H,18,20)(H,21,22). The summed E-state index contributed by atoms with van der Waals surface area (Å²) in [6, 6.07) is 4.19. The molecule has 0 heterocycles. The molecule has 0 atom stereocenters. The van der Waals surface area contributed by atoms with Crippen molar-refractivity contribution in [3.05, 3.63) is 28.8 Å². The molecular weight excluding hydrogens is 308 g/mol. The lowest BCUT2D eigenvalue weighted by molar-refractivity contribution is -0.121. The fraction of sp³-hybridized carbons (Fsp3) is 0.400. The number of carboxylic acids is 1. The van der Waals surface area contributed by atoms with Crippen LogP contribution in [0.4, 0.5) is 5.69 Å². The van der Waals surface area contributed by atoms with Crippen molar-refractivity contribution in [2.24, 2.45) is 0 Å². The molecule has 0 fully saturated rings. The van der Waals surface area contributed by atoms with Crippen LogP contribution in [0.15, 0.2) is 18.2 Å². The van der Waals surface area contributed by atoms with Crippen molar-refractivity contribution >= 4 is 35.1 Å². The number of rotatable bonds is 8. The summed E-state index contributed by atoms with van der Waals surface area (Å²) in [6.07, 6.45) is 1.83. The zero-order chi connectivity index (χ0) is 16.5. The molecule has 1 aromatic rings. The Hall–Kier alpha value is -2.08. The van der Waals surface area contributed by atoms with E-state index in [9.17, 15) is 14.4 Å². The van der Waals surface area contributed by atoms with Gasteiger partial charge in [0, 0.05) is 25.1 Å². The topological polar surface area (TPSA) is 95.5 Å². The molecule has 0 saturated carbocycles. The van der Waals surface area contributed by atoms with Gasteiger partial charge in [0.25, 0.3) is 0 Å². The highest BCUT2D eigenvalue weighted by Gasteiger charge is 2.10. The number of hydrogen-bond donors (Lipinski definition) is 3. The van der Waals surface area contributed by atoms with E-state index in [0.29, 0.717) is 25.1 Å². The molecule has 1 rings (SSSR count). The van der Waals surface area contributed by atoms with Gasteiger partial charge in [0.15, 0.2) is 0 Å². The van der Waals surface area contributed by atoms with Gasteiger partial charge in [-0.25, -0.2) is 4.79 Å². The Morgan fingerprint density at radius 2 is 1.86 bits per heavy atom. The molecule has 0 radical (unpaired) electrons. The van der Waals surface area contributed by atoms with Crippen LogP contribution >= 0.6 is 11.6 Å². The Morgan fingerprint density at radius 3 is 2.45 bits per heavy atom. The van der Waals surface area contributed by atoms with Crippen molar-refractivity contribution in [2.75, 3.05) is 11.9 Å². The van der Waals surface area contributed by atoms with Gasteiger partial charge in [-0.05, 0) is 31.0 Å². The normalized spacial score (nSPS) is 10.1. The number of aromatic carboxylic acids is 1. The molecule has 3 N–H and O–H groups in total. The molecule has 7 heteroatoms. The molecule has 0 spiro atoms. The molecule has 0 aliphatic carbocycles. The van der Waals surface area contributed by atoms with Gasteiger partial charge in [0.05, 0.1) is 10.6 Å². The van der Waals surface area contributed by atoms with Crippen LogP contribution in [0.5, 0.6) is 0 Å². The van der Waals surface area contributed by atoms with Crippen LogP contribution in [0, 0.1) is 0 Å². The number of nitrogens with one attached hydrogen (secondary N) is 2. The fourth-order valence-electron chi connectivity index (χ4n) is 1.75. The minimum atomic E-state index is -1.12. The van der Waals surface area contributed by atoms with Crippen LogP contribution < -0.4 is 10.6 Å². The first kappa shape index (κ1) is 18.0. The molecular formula is C15H19ClN2O4. The minimum Gasteiger partial charge on any atom is -0.478 e. The molecule has 0 bridgehead atoms. The molecule has 1 aromatic carbocycles. The zero-order valence-corrected chi connectivity index (χ0v) is 13.1. The Bertz CT molecular complexity index is 560. The summed E-state index contributed by atoms with van der Waals surface area (Å²) in [7, 11) is 0. The minimum absolute atomic E-state index is 0.0211. The Balaban J connectivity index is 2.41. The summed E-state index contributed by atoms with van der Waals surface area (Å²) in [5.74, 6) is -1.44. The van der Waals surface area contributed by atoms with Gasteiger partial charge < -0.3 is 15.7 Å². The van der Waals surface area contributed by atoms with E-state index in [2.05, 4.69) is 10.6 Å². The molecule has 6 nitrogen and oxygen atoms in total. The first-order valence-corrected chi connectivity index (χ1v) is 7.41. The Labute approximate surface area is 133 Å². The second-order valence-electron chi connectivity index (χ2n) is 4.75. The van der Waals surface area contributed by atoms with Crippen LogP contribution in [0.3, 0.4) is 0 Å². The van der Waals surface area contributed by atoms with Crippen molar-refractivity contribution in [2.45, 2.75) is 32.6 Å². The van der Waals surface area contributed by atoms with Crippen molar-refractivity contribution < 1.29 is 19.5 Å². The maximum Gasteiger partial charge on any atom is 0.337 e. The largest absolute Gasteiger partial charge is 0.478 e. The number of carboxylic acid groups (broad SMARTS) is 1. The lowest BCUT2D eigenvalue weighted by Crippen LogP contribution is -2.24. The van der Waals surface area contributed by atoms with Crippen LogP contribution in [0.2, 0.25) is 5.02 Å². The summed E-state index contributed by atoms with van der Waals surface area (Å²) < 4.78 is 0. The maximum absolute atomic E-state index is 11.7. The maximum atomic E-state index is 11.7. The van der Waals surface area contributed by atoms with Gasteiger partial charge in [-0.2, -0.15) is 0 Å². The predicted octanol–water partition coefficient (Wildman–Crippen LogP) is 2.67. The summed E-state index contributed by atoms with van der Waals surface area (Å²) in [5, 5.41) is 14.3. The van der Waals surface area contributed by atoms with E-state index in [-0.39, 0.29) is 28.8 Å². The van der Waals surface area contributed by atoms with Crippen LogP contribution in [-0.2, 0) is 9.59 Å². The van der Waals surface area contributed by atoms with Gasteiger partial charge in [-0.15, -0.1) is 0 Å². The predicted molar refractivity (Wildman–Crippen MR) is 84.2 cm³/mol. The first-order chi connectivity index (χ1) is 10.4. The first-order valence-electron chi connectivity index (χ1n) is 7.03. The summed E-state index contributed by atoms with van der Waals surface area (Å²) >= 11 is 5.82. The van der Waals surface area contributed by atoms with E-state index >= 15 is 0 Å². The van der Waals surface area contributed by atoms with Gasteiger partial charge in [0.1, 0.15) is 0 Å². The summed E-state index contributed by atoms with van der Waals surface area (Å²) in [5.41, 5.74) is 0.405. The van der Waals surface area contributed by atoms with E-state index in [0.717, 1.165) is 6.42 Å². The average molecular weight is 327 g/mol. The van der Waals surface area contributed by atoms with Crippen LogP contribution in [0.25, 0.3) is 0 Å². The van der Waals surface area contributed by atoms with Crippen LogP contribution in [-0.4, -0.2) is 29.4 Å². The second-order valence-corrected chi connectivity index (χ2v) is 5.16. The summed E-state index contributed by atoms with van der Waals surface area (Å²) in [4.78, 5) is 33.9. The van der Waals surface area contributed by atoms with Gasteiger partial charge in [-0.3, -0.25) is 9.59 Å². The lowest BCUT2D eigenvalue weighted by Gasteiger charge is -2.07. The molecule has 0 unspecified atom stereocenters. The van der Waals surface area contributed by atoms with E-state index in [4.69, 9.17) is 16.7 Å². The number of amides is 2. The highest BCUT2D eigenvalue weighted by atomic mass is 35.5. The van der Waals surface area contributed by atoms with E-state index < -0.39 is 5.97 Å². The molecule has 120 valence electrons. The van der Waals surface area contributed by atoms with Crippen LogP contribution in [0.1, 0.15) is 43.0 Å². The van der Waals surface area contributed by atoms with E-state index in [1.165, 1.54) is 18.2 Å². The molecule has 0 aromatic heterocycles. The average Bonchev–Trinajstić information content (AvgIpc) is 2.44. The quantitative estimate of drug-likeness (QED) is 0.684. The number of carbonyl (C=O) groups is 3. The number of anilines is 1. The number of halogens is 1. The smallest absolute Gasteiger partial charge is 0.337 e. The third kappa shape index (κ3) is 6.13. The number of benzene rings is 1. The monoisotopic (exact) mass is 326 g/mol. The van der Waals surface area contributed by atoms with Crippen molar-refractivity contribution in [3.63, 3.8) is 0 Å². The molecule has 22 heavy (non-hydrogen) atoms. The van der Waals surface area contributed by atoms with E-state index in [1.807, 2.05) is 6.92 Å². The summed E-state index contributed by atoms with van der Waals surface area (Å²) in [6.45, 7) is 2.61. The number of carbonyl (C=O) groups excluding carboxylic acids is 2. The third-order valence-corrected chi connectivity index (χ3v) is 3.18. The zero-order valence-electron chi connectivity index (χ0n) is 12.3. The Kier molecular flexibility index (Phi) is 7.39. The van der Waals surface area contributed by atoms with Gasteiger partial charge in [0.2, 0.25) is 11.8 Å². The fourth-order valence-corrected chi connectivity index (χ4v) is 2.01. The van der Waals surface area contributed by atoms with Gasteiger partial charge in [-0.1, -0.05) is 18.5 Å². The molecule has 0 saturated heterocycles. The van der Waals surface area contributed by atoms with Gasteiger partial charge >= 0.3 is 5.97 Å². The van der Waals surface area contributed by atoms with Crippen molar-refractivity contribution in [3.8, 4) is 0 Å². The molecule has 0 aliphatic heterocycles. The molecule has 0 aliphatic rings. The third-order valence-electron chi connectivity index (χ3n) is 2.86. The van der Waals surface area contributed by atoms with Crippen molar-refractivity contribution in [1.82, 2.24) is 5.32 Å². The molecule has 2 amide bonds. The highest BCUT2D eigenvalue weighted by Crippen LogP contribution is 2.21. The second kappa shape index (κ2) is 9.04. The number of hydrogen-bond acceptors (Lipinski definition) is 3. The highest BCUT2D eigenvalue weighted by molar-refractivity contribution is 6.33. The lowest BCUT2D eigenvalue weighted by atomic mass is 10.2.